The molecule has 0 aliphatic rings. The molecule has 0 radical (unpaired) electrons. The van der Waals surface area contributed by atoms with E-state index in [9.17, 15) is 10.1 Å². The van der Waals surface area contributed by atoms with Gasteiger partial charge in [0.1, 0.15) is 17.7 Å². The van der Waals surface area contributed by atoms with Gasteiger partial charge in [0.25, 0.3) is 0 Å². The molecule has 1 aromatic carbocycles. The van der Waals surface area contributed by atoms with E-state index in [1.54, 1.807) is 30.5 Å². The third-order valence-electron chi connectivity index (χ3n) is 3.78. The van der Waals surface area contributed by atoms with E-state index in [4.69, 9.17) is 0 Å². The van der Waals surface area contributed by atoms with Gasteiger partial charge in [0.2, 0.25) is 11.6 Å². The standard InChI is InChI=1S/C16H12N8O2/c1-10-5-4-8-17-14(10)20-15-13(24(25)26)16(19-9-18-15)23-12-7-3-2-6-11(12)21-22-23/h2-9H,1H3,(H,17,18,19,20). The molecule has 4 aromatic rings. The first-order valence-corrected chi connectivity index (χ1v) is 7.64. The van der Waals surface area contributed by atoms with Crippen LogP contribution in [0.25, 0.3) is 16.9 Å². The molecule has 0 spiro atoms. The lowest BCUT2D eigenvalue weighted by atomic mass is 10.3. The van der Waals surface area contributed by atoms with Crippen molar-refractivity contribution in [3.05, 3.63) is 64.6 Å². The van der Waals surface area contributed by atoms with Crippen molar-refractivity contribution in [2.24, 2.45) is 0 Å². The number of hydrogen-bond acceptors (Lipinski definition) is 8. The molecule has 0 amide bonds. The monoisotopic (exact) mass is 348 g/mol. The molecule has 0 fully saturated rings. The molecular weight excluding hydrogens is 336 g/mol. The normalized spacial score (nSPS) is 10.8. The fraction of sp³-hybridized carbons (Fsp3) is 0.0625. The summed E-state index contributed by atoms with van der Waals surface area (Å²) in [6.07, 6.45) is 2.83. The van der Waals surface area contributed by atoms with Crippen LogP contribution in [0.5, 0.6) is 0 Å². The topological polar surface area (TPSA) is 125 Å². The number of aryl methyl sites for hydroxylation is 1. The number of anilines is 2. The lowest BCUT2D eigenvalue weighted by Gasteiger charge is -2.09. The summed E-state index contributed by atoms with van der Waals surface area (Å²) in [5.74, 6) is 0.528. The average molecular weight is 348 g/mol. The van der Waals surface area contributed by atoms with Crippen LogP contribution >= 0.6 is 0 Å². The van der Waals surface area contributed by atoms with Crippen LogP contribution in [0.1, 0.15) is 5.56 Å². The molecule has 0 bridgehead atoms. The first kappa shape index (κ1) is 15.6. The molecular formula is C16H12N8O2. The van der Waals surface area contributed by atoms with Gasteiger partial charge in [-0.3, -0.25) is 10.1 Å². The molecule has 4 rings (SSSR count). The highest BCUT2D eigenvalue weighted by Gasteiger charge is 2.26. The average Bonchev–Trinajstić information content (AvgIpc) is 3.07. The fourth-order valence-electron chi connectivity index (χ4n) is 2.54. The van der Waals surface area contributed by atoms with Crippen LogP contribution in [0, 0.1) is 17.0 Å². The number of benzene rings is 1. The quantitative estimate of drug-likeness (QED) is 0.441. The maximum Gasteiger partial charge on any atom is 0.356 e. The highest BCUT2D eigenvalue weighted by Crippen LogP contribution is 2.31. The van der Waals surface area contributed by atoms with Crippen LogP contribution in [0.4, 0.5) is 17.3 Å². The second-order valence-electron chi connectivity index (χ2n) is 5.44. The number of para-hydroxylation sites is 1. The summed E-state index contributed by atoms with van der Waals surface area (Å²) >= 11 is 0. The Morgan fingerprint density at radius 3 is 2.73 bits per heavy atom. The molecule has 1 N–H and O–H groups in total. The van der Waals surface area contributed by atoms with Gasteiger partial charge in [-0.05, 0) is 30.7 Å². The van der Waals surface area contributed by atoms with E-state index in [1.165, 1.54) is 11.0 Å². The molecule has 0 atom stereocenters. The van der Waals surface area contributed by atoms with Gasteiger partial charge in [0, 0.05) is 6.20 Å². The Morgan fingerprint density at radius 1 is 1.08 bits per heavy atom. The number of rotatable bonds is 4. The van der Waals surface area contributed by atoms with Crippen molar-refractivity contribution in [3.63, 3.8) is 0 Å². The first-order valence-electron chi connectivity index (χ1n) is 7.64. The van der Waals surface area contributed by atoms with Crippen molar-refractivity contribution in [2.75, 3.05) is 5.32 Å². The van der Waals surface area contributed by atoms with Gasteiger partial charge in [-0.15, -0.1) is 5.10 Å². The van der Waals surface area contributed by atoms with Crippen LogP contribution in [-0.2, 0) is 0 Å². The van der Waals surface area contributed by atoms with Gasteiger partial charge in [0.05, 0.1) is 10.4 Å². The van der Waals surface area contributed by atoms with Crippen LogP contribution in [0.2, 0.25) is 0 Å². The van der Waals surface area contributed by atoms with E-state index in [1.807, 2.05) is 19.1 Å². The van der Waals surface area contributed by atoms with Gasteiger partial charge >= 0.3 is 5.69 Å². The lowest BCUT2D eigenvalue weighted by molar-refractivity contribution is -0.384. The number of pyridine rings is 1. The van der Waals surface area contributed by atoms with Crippen molar-refractivity contribution < 1.29 is 4.92 Å². The van der Waals surface area contributed by atoms with Crippen LogP contribution in [0.3, 0.4) is 0 Å². The molecule has 10 nitrogen and oxygen atoms in total. The summed E-state index contributed by atoms with van der Waals surface area (Å²) in [6, 6.07) is 10.8. The van der Waals surface area contributed by atoms with E-state index < -0.39 is 4.92 Å². The summed E-state index contributed by atoms with van der Waals surface area (Å²) < 4.78 is 1.33. The Kier molecular flexibility index (Phi) is 3.69. The summed E-state index contributed by atoms with van der Waals surface area (Å²) in [5, 5.41) is 22.7. The van der Waals surface area contributed by atoms with Gasteiger partial charge in [-0.2, -0.15) is 4.68 Å². The molecule has 128 valence electrons. The summed E-state index contributed by atoms with van der Waals surface area (Å²) in [4.78, 5) is 23.5. The number of nitrogens with zero attached hydrogens (tertiary/aromatic N) is 7. The Morgan fingerprint density at radius 2 is 1.92 bits per heavy atom. The zero-order chi connectivity index (χ0) is 18.1. The predicted molar refractivity (Wildman–Crippen MR) is 93.4 cm³/mol. The number of hydrogen-bond donors (Lipinski definition) is 1. The molecule has 10 heteroatoms. The van der Waals surface area contributed by atoms with Crippen LogP contribution in [0.15, 0.2) is 48.9 Å². The van der Waals surface area contributed by atoms with Crippen molar-refractivity contribution in [2.45, 2.75) is 6.92 Å². The van der Waals surface area contributed by atoms with Gasteiger partial charge in [-0.25, -0.2) is 15.0 Å². The second-order valence-corrected chi connectivity index (χ2v) is 5.44. The summed E-state index contributed by atoms with van der Waals surface area (Å²) in [5.41, 5.74) is 1.73. The zero-order valence-electron chi connectivity index (χ0n) is 13.6. The number of nitro groups is 1. The Hall–Kier alpha value is -3.95. The van der Waals surface area contributed by atoms with Crippen molar-refractivity contribution in [1.29, 1.82) is 0 Å². The van der Waals surface area contributed by atoms with E-state index in [-0.39, 0.29) is 17.3 Å². The maximum atomic E-state index is 11.8. The first-order chi connectivity index (χ1) is 12.6. The molecule has 26 heavy (non-hydrogen) atoms. The molecule has 0 saturated carbocycles. The highest BCUT2D eigenvalue weighted by molar-refractivity contribution is 5.78. The van der Waals surface area contributed by atoms with Gasteiger partial charge < -0.3 is 5.32 Å². The Balaban J connectivity index is 1.89. The highest BCUT2D eigenvalue weighted by atomic mass is 16.6. The predicted octanol–water partition coefficient (Wildman–Crippen LogP) is 2.57. The number of fused-ring (bicyclic) bond motifs is 1. The minimum atomic E-state index is -0.549. The van der Waals surface area contributed by atoms with E-state index in [0.717, 1.165) is 5.56 Å². The molecule has 0 saturated heterocycles. The molecule has 0 aliphatic heterocycles. The van der Waals surface area contributed by atoms with E-state index >= 15 is 0 Å². The third kappa shape index (κ3) is 2.59. The second kappa shape index (κ2) is 6.16. The van der Waals surface area contributed by atoms with Crippen molar-refractivity contribution >= 4 is 28.4 Å². The van der Waals surface area contributed by atoms with Gasteiger partial charge in [0.15, 0.2) is 0 Å². The zero-order valence-corrected chi connectivity index (χ0v) is 13.6. The Bertz CT molecular complexity index is 1120. The molecule has 0 aliphatic carbocycles. The smallest absolute Gasteiger partial charge is 0.319 e. The fourth-order valence-corrected chi connectivity index (χ4v) is 2.54. The van der Waals surface area contributed by atoms with E-state index in [0.29, 0.717) is 16.9 Å². The summed E-state index contributed by atoms with van der Waals surface area (Å²) in [7, 11) is 0. The van der Waals surface area contributed by atoms with Crippen LogP contribution in [-0.4, -0.2) is 34.9 Å². The van der Waals surface area contributed by atoms with E-state index in [2.05, 4.69) is 30.6 Å². The minimum absolute atomic E-state index is 0.0229. The molecule has 3 heterocycles. The Labute approximate surface area is 146 Å². The largest absolute Gasteiger partial charge is 0.356 e. The molecule has 3 aromatic heterocycles. The third-order valence-corrected chi connectivity index (χ3v) is 3.78. The minimum Gasteiger partial charge on any atom is -0.319 e. The SMILES string of the molecule is Cc1cccnc1Nc1ncnc(-n2nnc3ccccc32)c1[N+](=O)[O-]. The lowest BCUT2D eigenvalue weighted by Crippen LogP contribution is -2.09. The maximum absolute atomic E-state index is 11.8. The summed E-state index contributed by atoms with van der Waals surface area (Å²) in [6.45, 7) is 1.84. The number of nitrogens with one attached hydrogen (secondary N) is 1. The van der Waals surface area contributed by atoms with Gasteiger partial charge in [-0.1, -0.05) is 23.4 Å². The van der Waals surface area contributed by atoms with Crippen molar-refractivity contribution in [1.82, 2.24) is 29.9 Å². The molecule has 0 unspecified atom stereocenters. The number of aromatic nitrogens is 6. The van der Waals surface area contributed by atoms with Crippen LogP contribution < -0.4 is 5.32 Å². The van der Waals surface area contributed by atoms with Crippen molar-refractivity contribution in [3.8, 4) is 5.82 Å².